The maximum atomic E-state index is 3.61. The van der Waals surface area contributed by atoms with Crippen LogP contribution in [0.5, 0.6) is 0 Å². The van der Waals surface area contributed by atoms with E-state index in [1.807, 2.05) is 0 Å². The summed E-state index contributed by atoms with van der Waals surface area (Å²) in [6, 6.07) is 62.4. The summed E-state index contributed by atoms with van der Waals surface area (Å²) in [5.41, 5.74) is 9.81. The highest BCUT2D eigenvalue weighted by Crippen LogP contribution is 2.47. The zero-order chi connectivity index (χ0) is 30.9. The highest BCUT2D eigenvalue weighted by Gasteiger charge is 2.19. The Hall–Kier alpha value is -6.18. The van der Waals surface area contributed by atoms with Gasteiger partial charge in [-0.3, -0.25) is 0 Å². The monoisotopic (exact) mass is 595 g/mol. The van der Waals surface area contributed by atoms with E-state index in [0.717, 1.165) is 5.52 Å². The molecule has 10 aromatic rings. The summed E-state index contributed by atoms with van der Waals surface area (Å²) in [6.07, 6.45) is 0. The van der Waals surface area contributed by atoms with Crippen molar-refractivity contribution in [3.05, 3.63) is 170 Å². The van der Waals surface area contributed by atoms with E-state index < -0.39 is 0 Å². The van der Waals surface area contributed by atoms with Crippen LogP contribution in [0.25, 0.3) is 98.3 Å². The summed E-state index contributed by atoms with van der Waals surface area (Å²) in [6.45, 7) is 0. The Labute approximate surface area is 272 Å². The minimum Gasteiger partial charge on any atom is -0.355 e. The molecule has 0 amide bonds. The van der Waals surface area contributed by atoms with E-state index in [2.05, 4.69) is 175 Å². The third kappa shape index (κ3) is 4.03. The average Bonchev–Trinajstić information content (AvgIpc) is 3.51. The Kier molecular flexibility index (Phi) is 5.64. The highest BCUT2D eigenvalue weighted by atomic mass is 14.7. The molecule has 1 heteroatoms. The van der Waals surface area contributed by atoms with Crippen molar-refractivity contribution < 1.29 is 0 Å². The van der Waals surface area contributed by atoms with Crippen molar-refractivity contribution in [3.63, 3.8) is 0 Å². The first-order valence-corrected chi connectivity index (χ1v) is 16.3. The number of para-hydroxylation sites is 1. The van der Waals surface area contributed by atoms with E-state index in [1.54, 1.807) is 0 Å². The number of hydrogen-bond acceptors (Lipinski definition) is 0. The number of hydrogen-bond donors (Lipinski definition) is 1. The number of rotatable bonds is 3. The van der Waals surface area contributed by atoms with Gasteiger partial charge in [-0.05, 0) is 107 Å². The van der Waals surface area contributed by atoms with Crippen LogP contribution in [0.2, 0.25) is 0 Å². The fraction of sp³-hybridized carbons (Fsp3) is 0. The fourth-order valence-corrected chi connectivity index (χ4v) is 7.79. The van der Waals surface area contributed by atoms with Gasteiger partial charge in [0.25, 0.3) is 0 Å². The van der Waals surface area contributed by atoms with E-state index >= 15 is 0 Å². The molecule has 0 aliphatic heterocycles. The normalized spacial score (nSPS) is 11.8. The summed E-state index contributed by atoms with van der Waals surface area (Å²) in [4.78, 5) is 3.61. The van der Waals surface area contributed by atoms with Gasteiger partial charge in [0, 0.05) is 21.8 Å². The van der Waals surface area contributed by atoms with Crippen molar-refractivity contribution in [2.24, 2.45) is 0 Å². The Morgan fingerprint density at radius 1 is 0.277 bits per heavy atom. The van der Waals surface area contributed by atoms with Crippen LogP contribution in [0.1, 0.15) is 0 Å². The first-order chi connectivity index (χ1) is 23.3. The molecule has 0 aliphatic rings. The van der Waals surface area contributed by atoms with Crippen molar-refractivity contribution in [1.82, 2.24) is 4.98 Å². The summed E-state index contributed by atoms with van der Waals surface area (Å²) in [5, 5.41) is 12.7. The van der Waals surface area contributed by atoms with E-state index in [0.29, 0.717) is 0 Å². The molecule has 1 nitrogen and oxygen atoms in total. The Morgan fingerprint density at radius 3 is 1.74 bits per heavy atom. The van der Waals surface area contributed by atoms with Crippen LogP contribution >= 0.6 is 0 Å². The van der Waals surface area contributed by atoms with Crippen molar-refractivity contribution in [2.45, 2.75) is 0 Å². The van der Waals surface area contributed by atoms with E-state index in [-0.39, 0.29) is 0 Å². The molecule has 9 aromatic carbocycles. The minimum atomic E-state index is 1.16. The van der Waals surface area contributed by atoms with Gasteiger partial charge in [0.05, 0.1) is 0 Å². The van der Waals surface area contributed by atoms with Gasteiger partial charge in [0.15, 0.2) is 0 Å². The molecule has 47 heavy (non-hydrogen) atoms. The second-order valence-electron chi connectivity index (χ2n) is 12.6. The maximum Gasteiger partial charge on any atom is 0.0465 e. The van der Waals surface area contributed by atoms with Gasteiger partial charge >= 0.3 is 0 Å². The van der Waals surface area contributed by atoms with E-state index in [1.165, 1.54) is 92.8 Å². The number of aromatic nitrogens is 1. The number of fused-ring (bicyclic) bond motifs is 8. The molecule has 10 rings (SSSR count). The number of nitrogens with one attached hydrogen (secondary N) is 1. The molecule has 0 saturated heterocycles. The predicted molar refractivity (Wildman–Crippen MR) is 202 cm³/mol. The van der Waals surface area contributed by atoms with Crippen LogP contribution in [-0.4, -0.2) is 4.98 Å². The third-order valence-electron chi connectivity index (χ3n) is 9.94. The van der Waals surface area contributed by atoms with Crippen molar-refractivity contribution in [2.75, 3.05) is 0 Å². The van der Waals surface area contributed by atoms with Crippen LogP contribution in [0, 0.1) is 0 Å². The Bertz CT molecular complexity index is 2850. The molecule has 0 bridgehead atoms. The second-order valence-corrected chi connectivity index (χ2v) is 12.6. The second kappa shape index (κ2) is 10.2. The zero-order valence-electron chi connectivity index (χ0n) is 25.7. The smallest absolute Gasteiger partial charge is 0.0465 e. The topological polar surface area (TPSA) is 15.8 Å². The average molecular weight is 596 g/mol. The van der Waals surface area contributed by atoms with Gasteiger partial charge < -0.3 is 4.98 Å². The zero-order valence-corrected chi connectivity index (χ0v) is 25.7. The summed E-state index contributed by atoms with van der Waals surface area (Å²) in [7, 11) is 0. The minimum absolute atomic E-state index is 1.16. The molecule has 0 radical (unpaired) electrons. The number of H-pyrrole nitrogens is 1. The molecular formula is C46H29N. The molecule has 1 aromatic heterocycles. The number of aromatic amines is 1. The van der Waals surface area contributed by atoms with Crippen LogP contribution in [0.3, 0.4) is 0 Å². The molecular weight excluding hydrogens is 567 g/mol. The molecule has 0 fully saturated rings. The molecule has 218 valence electrons. The van der Waals surface area contributed by atoms with Gasteiger partial charge in [0.2, 0.25) is 0 Å². The lowest BCUT2D eigenvalue weighted by Crippen LogP contribution is -1.92. The van der Waals surface area contributed by atoms with E-state index in [4.69, 9.17) is 0 Å². The van der Waals surface area contributed by atoms with Gasteiger partial charge in [-0.25, -0.2) is 0 Å². The van der Waals surface area contributed by atoms with Gasteiger partial charge in [-0.15, -0.1) is 0 Å². The molecule has 0 aliphatic carbocycles. The quantitative estimate of drug-likeness (QED) is 0.154. The van der Waals surface area contributed by atoms with Crippen molar-refractivity contribution in [1.29, 1.82) is 0 Å². The standard InChI is InChI=1S/C46H29N/c1-2-12-31-26-33(21-20-29(31)10-1)32-13-9-14-34(27-32)45-39-18-6-5-17-38(39)44(40-24-22-30-11-3-4-15-36(30)46(40)45)35-23-25-43-41(28-35)37-16-7-8-19-42(37)47-43/h1-28,47H. The van der Waals surface area contributed by atoms with Crippen molar-refractivity contribution in [3.8, 4) is 33.4 Å². The Morgan fingerprint density at radius 2 is 0.872 bits per heavy atom. The van der Waals surface area contributed by atoms with Gasteiger partial charge in [0.1, 0.15) is 0 Å². The largest absolute Gasteiger partial charge is 0.355 e. The molecule has 0 saturated carbocycles. The van der Waals surface area contributed by atoms with Crippen molar-refractivity contribution >= 4 is 64.9 Å². The molecule has 0 spiro atoms. The molecule has 1 N–H and O–H groups in total. The van der Waals surface area contributed by atoms with Crippen LogP contribution in [0.4, 0.5) is 0 Å². The molecule has 0 atom stereocenters. The maximum absolute atomic E-state index is 3.61. The summed E-state index contributed by atoms with van der Waals surface area (Å²) in [5.74, 6) is 0. The summed E-state index contributed by atoms with van der Waals surface area (Å²) < 4.78 is 0. The van der Waals surface area contributed by atoms with Crippen LogP contribution < -0.4 is 0 Å². The van der Waals surface area contributed by atoms with Gasteiger partial charge in [-0.2, -0.15) is 0 Å². The number of benzene rings is 9. The Balaban J connectivity index is 1.30. The van der Waals surface area contributed by atoms with Crippen LogP contribution in [0.15, 0.2) is 170 Å². The fourth-order valence-electron chi connectivity index (χ4n) is 7.79. The lowest BCUT2D eigenvalue weighted by atomic mass is 9.83. The highest BCUT2D eigenvalue weighted by molar-refractivity contribution is 6.28. The molecule has 0 unspecified atom stereocenters. The van der Waals surface area contributed by atoms with E-state index in [9.17, 15) is 0 Å². The lowest BCUT2D eigenvalue weighted by Gasteiger charge is -2.20. The first-order valence-electron chi connectivity index (χ1n) is 16.3. The first kappa shape index (κ1) is 26.1. The lowest BCUT2D eigenvalue weighted by molar-refractivity contribution is 1.55. The third-order valence-corrected chi connectivity index (χ3v) is 9.94. The molecule has 1 heterocycles. The van der Waals surface area contributed by atoms with Crippen LogP contribution in [-0.2, 0) is 0 Å². The predicted octanol–water partition coefficient (Wildman–Crippen LogP) is 12.9. The SMILES string of the molecule is c1cc(-c2ccc3ccccc3c2)cc(-c2c3ccccc3c(-c3ccc4[nH]c5ccccc5c4c3)c3ccc4ccccc4c23)c1. The summed E-state index contributed by atoms with van der Waals surface area (Å²) >= 11 is 0. The van der Waals surface area contributed by atoms with Gasteiger partial charge in [-0.1, -0.05) is 140 Å².